The molecule has 0 fully saturated rings. The summed E-state index contributed by atoms with van der Waals surface area (Å²) in [6, 6.07) is 6.75. The Bertz CT molecular complexity index is 448. The number of hydrogen-bond acceptors (Lipinski definition) is 3. The van der Waals surface area contributed by atoms with E-state index in [1.807, 2.05) is 0 Å². The first-order valence-electron chi connectivity index (χ1n) is 4.88. The average Bonchev–Trinajstić information content (AvgIpc) is 2.21. The summed E-state index contributed by atoms with van der Waals surface area (Å²) in [7, 11) is -1.69. The largest absolute Gasteiger partial charge is 0.318 e. The van der Waals surface area contributed by atoms with E-state index in [2.05, 4.69) is 10.0 Å². The maximum Gasteiger partial charge on any atom is 0.236 e. The molecule has 4 nitrogen and oxygen atoms in total. The summed E-state index contributed by atoms with van der Waals surface area (Å²) in [6.45, 7) is 2.02. The fourth-order valence-corrected chi connectivity index (χ4v) is 2.51. The molecule has 0 amide bonds. The van der Waals surface area contributed by atoms with Crippen LogP contribution in [0.5, 0.6) is 0 Å². The Hall–Kier alpha value is -0.780. The molecule has 1 unspecified atom stereocenters. The molecule has 0 aliphatic heterocycles. The van der Waals surface area contributed by atoms with Gasteiger partial charge in [-0.2, -0.15) is 0 Å². The van der Waals surface area contributed by atoms with Crippen molar-refractivity contribution in [2.75, 3.05) is 18.3 Å². The zero-order valence-corrected chi connectivity index (χ0v) is 10.8. The molecule has 0 heterocycles. The lowest BCUT2D eigenvalue weighted by atomic mass is 10.3. The number of benzene rings is 1. The number of nitrogens with one attached hydrogen (secondary N) is 2. The monoisotopic (exact) mass is 262 g/mol. The van der Waals surface area contributed by atoms with E-state index in [4.69, 9.17) is 11.6 Å². The van der Waals surface area contributed by atoms with E-state index in [9.17, 15) is 8.42 Å². The highest BCUT2D eigenvalue weighted by Gasteiger charge is 2.20. The number of sulfonamides is 1. The number of anilines is 1. The number of rotatable bonds is 5. The van der Waals surface area contributed by atoms with Gasteiger partial charge in [-0.15, -0.1) is 0 Å². The first-order valence-corrected chi connectivity index (χ1v) is 6.80. The molecule has 90 valence electrons. The zero-order valence-electron chi connectivity index (χ0n) is 9.20. The Balaban J connectivity index is 2.85. The van der Waals surface area contributed by atoms with Gasteiger partial charge in [0.2, 0.25) is 10.0 Å². The highest BCUT2D eigenvalue weighted by atomic mass is 35.5. The molecule has 1 rings (SSSR count). The van der Waals surface area contributed by atoms with Crippen LogP contribution in [0.3, 0.4) is 0 Å². The summed E-state index contributed by atoms with van der Waals surface area (Å²) in [6.07, 6.45) is 0. The molecular weight excluding hydrogens is 248 g/mol. The van der Waals surface area contributed by atoms with Crippen molar-refractivity contribution in [2.24, 2.45) is 0 Å². The lowest BCUT2D eigenvalue weighted by molar-refractivity contribution is 0.584. The van der Waals surface area contributed by atoms with Crippen molar-refractivity contribution in [3.63, 3.8) is 0 Å². The third kappa shape index (κ3) is 3.37. The highest BCUT2D eigenvalue weighted by Crippen LogP contribution is 2.22. The van der Waals surface area contributed by atoms with Crippen LogP contribution in [0.2, 0.25) is 5.02 Å². The second-order valence-electron chi connectivity index (χ2n) is 3.50. The summed E-state index contributed by atoms with van der Waals surface area (Å²) in [5.74, 6) is 0. The quantitative estimate of drug-likeness (QED) is 0.849. The summed E-state index contributed by atoms with van der Waals surface area (Å²) < 4.78 is 26.1. The van der Waals surface area contributed by atoms with Gasteiger partial charge in [0.15, 0.2) is 0 Å². The van der Waals surface area contributed by atoms with Crippen LogP contribution in [0, 0.1) is 0 Å². The van der Waals surface area contributed by atoms with E-state index in [1.54, 1.807) is 38.2 Å². The minimum Gasteiger partial charge on any atom is -0.318 e. The first kappa shape index (κ1) is 13.3. The smallest absolute Gasteiger partial charge is 0.236 e. The molecule has 0 spiro atoms. The van der Waals surface area contributed by atoms with Gasteiger partial charge in [0.05, 0.1) is 16.0 Å². The molecule has 0 saturated carbocycles. The predicted octanol–water partition coefficient (Wildman–Crippen LogP) is 1.69. The molecular formula is C10H15ClN2O2S. The molecule has 0 aromatic heterocycles. The van der Waals surface area contributed by atoms with E-state index in [1.165, 1.54) is 0 Å². The maximum absolute atomic E-state index is 11.8. The molecule has 0 radical (unpaired) electrons. The zero-order chi connectivity index (χ0) is 12.2. The van der Waals surface area contributed by atoms with Crippen molar-refractivity contribution in [3.05, 3.63) is 29.3 Å². The molecule has 0 saturated heterocycles. The van der Waals surface area contributed by atoms with E-state index in [0.717, 1.165) is 0 Å². The fraction of sp³-hybridized carbons (Fsp3) is 0.400. The van der Waals surface area contributed by atoms with Gasteiger partial charge in [0.1, 0.15) is 0 Å². The molecule has 1 aromatic rings. The van der Waals surface area contributed by atoms with Crippen molar-refractivity contribution in [2.45, 2.75) is 12.2 Å². The minimum absolute atomic E-state index is 0.389. The van der Waals surface area contributed by atoms with Crippen molar-refractivity contribution in [1.82, 2.24) is 5.32 Å². The van der Waals surface area contributed by atoms with Crippen LogP contribution in [-0.4, -0.2) is 27.3 Å². The maximum atomic E-state index is 11.8. The van der Waals surface area contributed by atoms with Crippen LogP contribution in [0.25, 0.3) is 0 Å². The second kappa shape index (κ2) is 5.52. The van der Waals surface area contributed by atoms with Crippen LogP contribution in [0.4, 0.5) is 5.69 Å². The van der Waals surface area contributed by atoms with Crippen LogP contribution in [0.15, 0.2) is 24.3 Å². The van der Waals surface area contributed by atoms with E-state index in [-0.39, 0.29) is 0 Å². The van der Waals surface area contributed by atoms with Crippen molar-refractivity contribution < 1.29 is 8.42 Å². The van der Waals surface area contributed by atoms with E-state index < -0.39 is 15.3 Å². The van der Waals surface area contributed by atoms with E-state index in [0.29, 0.717) is 17.3 Å². The topological polar surface area (TPSA) is 58.2 Å². The first-order chi connectivity index (χ1) is 7.47. The summed E-state index contributed by atoms with van der Waals surface area (Å²) >= 11 is 5.87. The number of halogens is 1. The minimum atomic E-state index is -3.39. The van der Waals surface area contributed by atoms with Gasteiger partial charge in [-0.1, -0.05) is 23.7 Å². The molecule has 0 aliphatic carbocycles. The molecule has 6 heteroatoms. The van der Waals surface area contributed by atoms with Gasteiger partial charge >= 0.3 is 0 Å². The normalized spacial score (nSPS) is 13.4. The molecule has 16 heavy (non-hydrogen) atoms. The van der Waals surface area contributed by atoms with Crippen molar-refractivity contribution in [3.8, 4) is 0 Å². The molecule has 0 aliphatic rings. The molecule has 2 N–H and O–H groups in total. The standard InChI is InChI=1S/C10H15ClN2O2S/c1-8(7-12-2)16(14,15)13-10-6-4-3-5-9(10)11/h3-6,8,12-13H,7H2,1-2H3. The third-order valence-electron chi connectivity index (χ3n) is 2.15. The predicted molar refractivity (Wildman–Crippen MR) is 67.4 cm³/mol. The molecule has 1 atom stereocenters. The average molecular weight is 263 g/mol. The lowest BCUT2D eigenvalue weighted by Crippen LogP contribution is -2.33. The van der Waals surface area contributed by atoms with Crippen LogP contribution in [0.1, 0.15) is 6.92 Å². The SMILES string of the molecule is CNCC(C)S(=O)(=O)Nc1ccccc1Cl. The van der Waals surface area contributed by atoms with Gasteiger partial charge in [-0.3, -0.25) is 4.72 Å². The fourth-order valence-electron chi connectivity index (χ4n) is 1.19. The van der Waals surface area contributed by atoms with Crippen LogP contribution in [-0.2, 0) is 10.0 Å². The van der Waals surface area contributed by atoms with Gasteiger partial charge < -0.3 is 5.32 Å². The Morgan fingerprint density at radius 2 is 2.00 bits per heavy atom. The summed E-state index contributed by atoms with van der Waals surface area (Å²) in [5.41, 5.74) is 0.409. The summed E-state index contributed by atoms with van der Waals surface area (Å²) in [5, 5.41) is 2.69. The van der Waals surface area contributed by atoms with Gasteiger partial charge in [0.25, 0.3) is 0 Å². The number of hydrogen-bond donors (Lipinski definition) is 2. The second-order valence-corrected chi connectivity index (χ2v) is 6.00. The summed E-state index contributed by atoms with van der Waals surface area (Å²) in [4.78, 5) is 0. The van der Waals surface area contributed by atoms with Crippen LogP contribution >= 0.6 is 11.6 Å². The van der Waals surface area contributed by atoms with Crippen LogP contribution < -0.4 is 10.0 Å². The van der Waals surface area contributed by atoms with Crippen molar-refractivity contribution >= 4 is 27.3 Å². The lowest BCUT2D eigenvalue weighted by Gasteiger charge is -2.14. The Morgan fingerprint density at radius 3 is 2.56 bits per heavy atom. The molecule has 1 aromatic carbocycles. The third-order valence-corrected chi connectivity index (χ3v) is 4.21. The van der Waals surface area contributed by atoms with Gasteiger partial charge in [-0.05, 0) is 26.1 Å². The molecule has 0 bridgehead atoms. The van der Waals surface area contributed by atoms with E-state index >= 15 is 0 Å². The van der Waals surface area contributed by atoms with Gasteiger partial charge in [0, 0.05) is 6.54 Å². The van der Waals surface area contributed by atoms with Gasteiger partial charge in [-0.25, -0.2) is 8.42 Å². The number of para-hydroxylation sites is 1. The Labute approximate surface area is 101 Å². The van der Waals surface area contributed by atoms with Crippen molar-refractivity contribution in [1.29, 1.82) is 0 Å². The Morgan fingerprint density at radius 1 is 1.38 bits per heavy atom. The Kier molecular flexibility index (Phi) is 4.58. The highest BCUT2D eigenvalue weighted by molar-refractivity contribution is 7.93.